The van der Waals surface area contributed by atoms with Crippen LogP contribution in [0.15, 0.2) is 24.5 Å². The van der Waals surface area contributed by atoms with Crippen molar-refractivity contribution in [1.82, 2.24) is 24.6 Å². The summed E-state index contributed by atoms with van der Waals surface area (Å²) in [6.07, 6.45) is 9.25. The Morgan fingerprint density at radius 3 is 2.54 bits per heavy atom. The second kappa shape index (κ2) is 6.65. The minimum atomic E-state index is 0.219. The fourth-order valence-electron chi connectivity index (χ4n) is 4.10. The van der Waals surface area contributed by atoms with Crippen LogP contribution in [0, 0.1) is 5.92 Å². The lowest BCUT2D eigenvalue weighted by Crippen LogP contribution is -2.48. The predicted octanol–water partition coefficient (Wildman–Crippen LogP) is 2.52. The van der Waals surface area contributed by atoms with E-state index in [1.807, 2.05) is 18.5 Å². The molecule has 1 unspecified atom stereocenters. The molecule has 6 heteroatoms. The number of piperazine rings is 1. The number of anilines is 1. The summed E-state index contributed by atoms with van der Waals surface area (Å²) in [6.45, 7) is 7.74. The Bertz CT molecular complexity index is 741. The molecule has 0 radical (unpaired) electrons. The van der Waals surface area contributed by atoms with Crippen LogP contribution < -0.4 is 4.90 Å². The highest BCUT2D eigenvalue weighted by Gasteiger charge is 2.33. The molecule has 26 heavy (non-hydrogen) atoms. The van der Waals surface area contributed by atoms with E-state index in [0.29, 0.717) is 0 Å². The normalized spacial score (nSPS) is 22.6. The number of hydrogen-bond donors (Lipinski definition) is 0. The maximum Gasteiger partial charge on any atom is 0.227 e. The van der Waals surface area contributed by atoms with E-state index < -0.39 is 0 Å². The zero-order valence-corrected chi connectivity index (χ0v) is 15.6. The number of rotatable bonds is 6. The lowest BCUT2D eigenvalue weighted by Gasteiger charge is -2.35. The smallest absolute Gasteiger partial charge is 0.227 e. The molecule has 138 valence electrons. The van der Waals surface area contributed by atoms with Gasteiger partial charge in [0.15, 0.2) is 0 Å². The molecular weight excluding hydrogens is 324 g/mol. The molecule has 1 atom stereocenters. The number of pyridine rings is 1. The molecule has 2 aromatic heterocycles. The lowest BCUT2D eigenvalue weighted by atomic mass is 10.0. The summed E-state index contributed by atoms with van der Waals surface area (Å²) in [5.74, 6) is 3.19. The van der Waals surface area contributed by atoms with Gasteiger partial charge in [-0.05, 0) is 43.2 Å². The van der Waals surface area contributed by atoms with Crippen LogP contribution in [0.1, 0.15) is 49.9 Å². The van der Waals surface area contributed by atoms with Crippen molar-refractivity contribution in [2.24, 2.45) is 5.92 Å². The van der Waals surface area contributed by atoms with Crippen molar-refractivity contribution in [3.63, 3.8) is 0 Å². The SMILES string of the molecule is CC(c1cccnc1)c1nnc(N2CCN(C3CC3)CC2)n1CC1CC1. The Balaban J connectivity index is 1.39. The van der Waals surface area contributed by atoms with Crippen molar-refractivity contribution in [3.8, 4) is 0 Å². The fourth-order valence-corrected chi connectivity index (χ4v) is 4.10. The molecule has 0 aromatic carbocycles. The standard InChI is InChI=1S/C20H28N6/c1-15(17-3-2-8-21-13-17)19-22-23-20(26(19)14-16-4-5-16)25-11-9-24(10-12-25)18-6-7-18/h2-3,8,13,15-16,18H,4-7,9-12,14H2,1H3. The van der Waals surface area contributed by atoms with Crippen LogP contribution in [0.25, 0.3) is 0 Å². The van der Waals surface area contributed by atoms with Gasteiger partial charge in [0.2, 0.25) is 5.95 Å². The molecule has 3 heterocycles. The fraction of sp³-hybridized carbons (Fsp3) is 0.650. The minimum Gasteiger partial charge on any atom is -0.338 e. The second-order valence-electron chi connectivity index (χ2n) is 8.17. The van der Waals surface area contributed by atoms with Crippen LogP contribution in [0.4, 0.5) is 5.95 Å². The van der Waals surface area contributed by atoms with Crippen molar-refractivity contribution in [2.75, 3.05) is 31.1 Å². The van der Waals surface area contributed by atoms with Gasteiger partial charge in [0.1, 0.15) is 5.82 Å². The largest absolute Gasteiger partial charge is 0.338 e. The first-order valence-corrected chi connectivity index (χ1v) is 10.1. The third-order valence-electron chi connectivity index (χ3n) is 6.13. The summed E-state index contributed by atoms with van der Waals surface area (Å²) in [5.41, 5.74) is 1.21. The molecule has 0 amide bonds. The minimum absolute atomic E-state index is 0.219. The van der Waals surface area contributed by atoms with Crippen LogP contribution >= 0.6 is 0 Å². The molecule has 3 aliphatic rings. The molecular formula is C20H28N6. The number of hydrogen-bond acceptors (Lipinski definition) is 5. The molecule has 1 aliphatic heterocycles. The van der Waals surface area contributed by atoms with Gasteiger partial charge in [-0.15, -0.1) is 10.2 Å². The zero-order chi connectivity index (χ0) is 17.5. The monoisotopic (exact) mass is 352 g/mol. The third-order valence-corrected chi connectivity index (χ3v) is 6.13. The van der Waals surface area contributed by atoms with Gasteiger partial charge in [0.25, 0.3) is 0 Å². The summed E-state index contributed by atoms with van der Waals surface area (Å²) in [5, 5.41) is 9.30. The average molecular weight is 352 g/mol. The van der Waals surface area contributed by atoms with Crippen LogP contribution in [0.2, 0.25) is 0 Å². The highest BCUT2D eigenvalue weighted by molar-refractivity contribution is 5.35. The van der Waals surface area contributed by atoms with E-state index in [1.54, 1.807) is 0 Å². The Kier molecular flexibility index (Phi) is 4.15. The van der Waals surface area contributed by atoms with E-state index in [-0.39, 0.29) is 5.92 Å². The van der Waals surface area contributed by atoms with E-state index >= 15 is 0 Å². The van der Waals surface area contributed by atoms with Gasteiger partial charge in [-0.2, -0.15) is 0 Å². The molecule has 0 spiro atoms. The van der Waals surface area contributed by atoms with Crippen molar-refractivity contribution in [2.45, 2.75) is 51.1 Å². The number of nitrogens with zero attached hydrogens (tertiary/aromatic N) is 6. The van der Waals surface area contributed by atoms with E-state index in [2.05, 4.69) is 42.5 Å². The van der Waals surface area contributed by atoms with Crippen LogP contribution in [0.3, 0.4) is 0 Å². The Hall–Kier alpha value is -1.95. The van der Waals surface area contributed by atoms with Gasteiger partial charge >= 0.3 is 0 Å². The highest BCUT2D eigenvalue weighted by Crippen LogP contribution is 2.35. The van der Waals surface area contributed by atoms with E-state index in [4.69, 9.17) is 0 Å². The van der Waals surface area contributed by atoms with Gasteiger partial charge in [0, 0.05) is 57.1 Å². The number of aromatic nitrogens is 4. The Morgan fingerprint density at radius 1 is 1.08 bits per heavy atom. The molecule has 3 fully saturated rings. The summed E-state index contributed by atoms with van der Waals surface area (Å²) < 4.78 is 2.40. The summed E-state index contributed by atoms with van der Waals surface area (Å²) in [4.78, 5) is 9.39. The van der Waals surface area contributed by atoms with Crippen molar-refractivity contribution < 1.29 is 0 Å². The van der Waals surface area contributed by atoms with Crippen molar-refractivity contribution in [3.05, 3.63) is 35.9 Å². The second-order valence-corrected chi connectivity index (χ2v) is 8.17. The third kappa shape index (κ3) is 3.22. The highest BCUT2D eigenvalue weighted by atomic mass is 15.4. The zero-order valence-electron chi connectivity index (χ0n) is 15.6. The molecule has 5 rings (SSSR count). The van der Waals surface area contributed by atoms with Gasteiger partial charge in [-0.1, -0.05) is 13.0 Å². The maximum atomic E-state index is 4.65. The predicted molar refractivity (Wildman–Crippen MR) is 101 cm³/mol. The van der Waals surface area contributed by atoms with Gasteiger partial charge < -0.3 is 4.90 Å². The topological polar surface area (TPSA) is 50.1 Å². The van der Waals surface area contributed by atoms with E-state index in [9.17, 15) is 0 Å². The molecule has 2 aliphatic carbocycles. The van der Waals surface area contributed by atoms with Gasteiger partial charge in [0.05, 0.1) is 0 Å². The molecule has 0 N–H and O–H groups in total. The molecule has 0 bridgehead atoms. The molecule has 1 saturated heterocycles. The van der Waals surface area contributed by atoms with Crippen LogP contribution in [-0.2, 0) is 6.54 Å². The van der Waals surface area contributed by atoms with Crippen LogP contribution in [-0.4, -0.2) is 56.9 Å². The average Bonchev–Trinajstić information content (AvgIpc) is 3.61. The van der Waals surface area contributed by atoms with Crippen molar-refractivity contribution in [1.29, 1.82) is 0 Å². The van der Waals surface area contributed by atoms with Crippen LogP contribution in [0.5, 0.6) is 0 Å². The molecule has 2 aromatic rings. The van der Waals surface area contributed by atoms with E-state index in [1.165, 1.54) is 31.2 Å². The maximum absolute atomic E-state index is 4.65. The first kappa shape index (κ1) is 16.2. The first-order valence-electron chi connectivity index (χ1n) is 10.1. The summed E-state index contributed by atoms with van der Waals surface area (Å²) >= 11 is 0. The van der Waals surface area contributed by atoms with Gasteiger partial charge in [-0.3, -0.25) is 14.5 Å². The molecule has 2 saturated carbocycles. The van der Waals surface area contributed by atoms with Gasteiger partial charge in [-0.25, -0.2) is 0 Å². The lowest BCUT2D eigenvalue weighted by molar-refractivity contribution is 0.246. The van der Waals surface area contributed by atoms with E-state index in [0.717, 1.165) is 56.5 Å². The van der Waals surface area contributed by atoms with Crippen molar-refractivity contribution >= 4 is 5.95 Å². The Labute approximate surface area is 155 Å². The quantitative estimate of drug-likeness (QED) is 0.800. The Morgan fingerprint density at radius 2 is 1.88 bits per heavy atom. The summed E-state index contributed by atoms with van der Waals surface area (Å²) in [7, 11) is 0. The molecule has 6 nitrogen and oxygen atoms in total. The summed E-state index contributed by atoms with van der Waals surface area (Å²) in [6, 6.07) is 5.01. The first-order chi connectivity index (χ1) is 12.8.